The van der Waals surface area contributed by atoms with Crippen molar-refractivity contribution >= 4 is 23.0 Å². The van der Waals surface area contributed by atoms with Gasteiger partial charge in [0.1, 0.15) is 17.1 Å². The Labute approximate surface area is 134 Å². The zero-order chi connectivity index (χ0) is 16.4. The van der Waals surface area contributed by atoms with Crippen LogP contribution in [0.3, 0.4) is 0 Å². The summed E-state index contributed by atoms with van der Waals surface area (Å²) in [5, 5.41) is 0.563. The van der Waals surface area contributed by atoms with Gasteiger partial charge >= 0.3 is 6.18 Å². The van der Waals surface area contributed by atoms with E-state index in [1.54, 1.807) is 13.3 Å². The van der Waals surface area contributed by atoms with Crippen molar-refractivity contribution in [3.8, 4) is 5.75 Å². The van der Waals surface area contributed by atoms with E-state index in [-0.39, 0.29) is 5.75 Å². The van der Waals surface area contributed by atoms with Crippen LogP contribution >= 0.6 is 11.9 Å². The molecule has 0 aliphatic heterocycles. The smallest absolute Gasteiger partial charge is 0.422 e. The quantitative estimate of drug-likeness (QED) is 0.713. The molecule has 23 heavy (non-hydrogen) atoms. The Hall–Kier alpha value is -2.22. The number of rotatable bonds is 4. The number of fused-ring (bicyclic) bond motifs is 1. The monoisotopic (exact) mass is 339 g/mol. The summed E-state index contributed by atoms with van der Waals surface area (Å²) >= 11 is 1.28. The molecule has 3 rings (SSSR count). The molecular weight excluding hydrogens is 327 g/mol. The predicted molar refractivity (Wildman–Crippen MR) is 81.5 cm³/mol. The van der Waals surface area contributed by atoms with E-state index in [4.69, 9.17) is 4.74 Å². The molecule has 0 atom stereocenters. The van der Waals surface area contributed by atoms with Gasteiger partial charge in [-0.3, -0.25) is 3.97 Å². The highest BCUT2D eigenvalue weighted by Gasteiger charge is 2.28. The Morgan fingerprint density at radius 3 is 2.74 bits per heavy atom. The molecule has 0 fully saturated rings. The maximum absolute atomic E-state index is 12.3. The molecule has 0 radical (unpaired) electrons. The first-order valence-corrected chi connectivity index (χ1v) is 7.47. The largest absolute Gasteiger partial charge is 0.484 e. The van der Waals surface area contributed by atoms with Crippen molar-refractivity contribution in [1.82, 2.24) is 13.9 Å². The van der Waals surface area contributed by atoms with Crippen molar-refractivity contribution in [3.63, 3.8) is 0 Å². The van der Waals surface area contributed by atoms with Crippen LogP contribution in [0.15, 0.2) is 47.9 Å². The number of nitrogens with zero attached hydrogens (tertiary/aromatic N) is 3. The predicted octanol–water partition coefficient (Wildman–Crippen LogP) is 4.24. The Bertz CT molecular complexity index is 832. The van der Waals surface area contributed by atoms with Gasteiger partial charge in [-0.1, -0.05) is 12.1 Å². The first-order valence-electron chi connectivity index (χ1n) is 6.69. The Morgan fingerprint density at radius 2 is 1.96 bits per heavy atom. The van der Waals surface area contributed by atoms with E-state index < -0.39 is 12.8 Å². The van der Waals surface area contributed by atoms with Crippen LogP contribution in [0.4, 0.5) is 13.2 Å². The van der Waals surface area contributed by atoms with Crippen molar-refractivity contribution in [1.29, 1.82) is 0 Å². The van der Waals surface area contributed by atoms with Gasteiger partial charge in [0.15, 0.2) is 6.61 Å². The van der Waals surface area contributed by atoms with Crippen molar-refractivity contribution in [2.75, 3.05) is 6.61 Å². The highest BCUT2D eigenvalue weighted by Crippen LogP contribution is 2.31. The van der Waals surface area contributed by atoms with Crippen LogP contribution in [0.25, 0.3) is 11.0 Å². The molecule has 1 aromatic carbocycles. The van der Waals surface area contributed by atoms with Gasteiger partial charge in [0, 0.05) is 23.7 Å². The summed E-state index contributed by atoms with van der Waals surface area (Å²) in [6, 6.07) is 9.00. The maximum Gasteiger partial charge on any atom is 0.422 e. The molecule has 2 heterocycles. The van der Waals surface area contributed by atoms with E-state index in [9.17, 15) is 13.2 Å². The summed E-state index contributed by atoms with van der Waals surface area (Å²) in [6.07, 6.45) is -1.29. The highest BCUT2D eigenvalue weighted by atomic mass is 32.2. The average Bonchev–Trinajstić information content (AvgIpc) is 2.91. The maximum atomic E-state index is 12.3. The molecule has 0 amide bonds. The second-order valence-electron chi connectivity index (χ2n) is 4.79. The minimum Gasteiger partial charge on any atom is -0.484 e. The number of alkyl halides is 3. The summed E-state index contributed by atoms with van der Waals surface area (Å²) < 4.78 is 43.5. The molecule has 0 unspecified atom stereocenters. The fraction of sp³-hybridized carbons (Fsp3) is 0.200. The molecule has 3 aromatic rings. The van der Waals surface area contributed by atoms with E-state index in [0.29, 0.717) is 10.6 Å². The number of ether oxygens (including phenoxy) is 1. The lowest BCUT2D eigenvalue weighted by Gasteiger charge is -2.13. The number of benzene rings is 1. The molecule has 0 saturated heterocycles. The summed E-state index contributed by atoms with van der Waals surface area (Å²) in [7, 11) is 0. The van der Waals surface area contributed by atoms with Crippen LogP contribution in [0.1, 0.15) is 5.56 Å². The lowest BCUT2D eigenvalue weighted by molar-refractivity contribution is -0.153. The second kappa shape index (κ2) is 6.11. The normalized spacial score (nSPS) is 11.8. The first kappa shape index (κ1) is 15.7. The van der Waals surface area contributed by atoms with Gasteiger partial charge in [-0.05, 0) is 25.1 Å². The molecule has 0 N–H and O–H groups in total. The molecule has 0 bridgehead atoms. The fourth-order valence-corrected chi connectivity index (χ4v) is 2.89. The van der Waals surface area contributed by atoms with Gasteiger partial charge in [0.25, 0.3) is 0 Å². The minimum atomic E-state index is -4.37. The van der Waals surface area contributed by atoms with E-state index in [1.165, 1.54) is 24.2 Å². The average molecular weight is 339 g/mol. The van der Waals surface area contributed by atoms with Crippen LogP contribution in [0, 0.1) is 6.92 Å². The third-order valence-electron chi connectivity index (χ3n) is 3.11. The third-order valence-corrected chi connectivity index (χ3v) is 4.18. The number of pyridine rings is 1. The molecule has 0 saturated carbocycles. The van der Waals surface area contributed by atoms with Crippen molar-refractivity contribution in [3.05, 3.63) is 48.4 Å². The standard InChI is InChI=1S/C15H12F3N3OS/c1-10-13(22-8-15(16,17)18)6-7-19-14(10)23-21-9-20-11-4-2-3-5-12(11)21/h2-7,9H,8H2,1H3. The number of hydrogen-bond donors (Lipinski definition) is 0. The third kappa shape index (κ3) is 3.58. The van der Waals surface area contributed by atoms with E-state index in [0.717, 1.165) is 11.0 Å². The van der Waals surface area contributed by atoms with Crippen molar-refractivity contribution in [2.45, 2.75) is 18.1 Å². The van der Waals surface area contributed by atoms with Crippen molar-refractivity contribution in [2.24, 2.45) is 0 Å². The topological polar surface area (TPSA) is 39.9 Å². The number of imidazole rings is 1. The molecule has 2 aromatic heterocycles. The van der Waals surface area contributed by atoms with Crippen LogP contribution in [0.5, 0.6) is 5.75 Å². The molecule has 4 nitrogen and oxygen atoms in total. The Morgan fingerprint density at radius 1 is 1.17 bits per heavy atom. The van der Waals surface area contributed by atoms with Gasteiger partial charge in [0.05, 0.1) is 11.0 Å². The van der Waals surface area contributed by atoms with Crippen LogP contribution < -0.4 is 4.74 Å². The number of hydrogen-bond acceptors (Lipinski definition) is 4. The summed E-state index contributed by atoms with van der Waals surface area (Å²) in [5.41, 5.74) is 2.29. The number of halogens is 3. The Kier molecular flexibility index (Phi) is 4.16. The molecule has 8 heteroatoms. The summed E-state index contributed by atoms with van der Waals surface area (Å²) in [4.78, 5) is 8.49. The van der Waals surface area contributed by atoms with E-state index in [2.05, 4.69) is 9.97 Å². The molecule has 0 aliphatic carbocycles. The van der Waals surface area contributed by atoms with Gasteiger partial charge in [-0.2, -0.15) is 13.2 Å². The zero-order valence-corrected chi connectivity index (χ0v) is 12.9. The van der Waals surface area contributed by atoms with Gasteiger partial charge in [-0.15, -0.1) is 0 Å². The van der Waals surface area contributed by atoms with Crippen LogP contribution in [-0.4, -0.2) is 26.7 Å². The molecular formula is C15H12F3N3OS. The molecule has 0 aliphatic rings. The summed E-state index contributed by atoms with van der Waals surface area (Å²) in [5.74, 6) is 0.171. The highest BCUT2D eigenvalue weighted by molar-refractivity contribution is 7.98. The van der Waals surface area contributed by atoms with E-state index >= 15 is 0 Å². The SMILES string of the molecule is Cc1c(OCC(F)(F)F)ccnc1Sn1cnc2ccccc21. The lowest BCUT2D eigenvalue weighted by Crippen LogP contribution is -2.19. The lowest BCUT2D eigenvalue weighted by atomic mass is 10.3. The molecule has 120 valence electrons. The zero-order valence-electron chi connectivity index (χ0n) is 12.0. The Balaban J connectivity index is 1.86. The van der Waals surface area contributed by atoms with Crippen molar-refractivity contribution < 1.29 is 17.9 Å². The minimum absolute atomic E-state index is 0.171. The first-order chi connectivity index (χ1) is 10.9. The van der Waals surface area contributed by atoms with E-state index in [1.807, 2.05) is 28.2 Å². The molecule has 0 spiro atoms. The fourth-order valence-electron chi connectivity index (χ4n) is 2.01. The van der Waals surface area contributed by atoms with Crippen LogP contribution in [-0.2, 0) is 0 Å². The second-order valence-corrected chi connectivity index (χ2v) is 5.76. The number of aromatic nitrogens is 3. The van der Waals surface area contributed by atoms with Gasteiger partial charge in [0.2, 0.25) is 0 Å². The number of para-hydroxylation sites is 2. The van der Waals surface area contributed by atoms with Gasteiger partial charge < -0.3 is 4.74 Å². The van der Waals surface area contributed by atoms with Gasteiger partial charge in [-0.25, -0.2) is 9.97 Å². The van der Waals surface area contributed by atoms with Crippen LogP contribution in [0.2, 0.25) is 0 Å². The summed E-state index contributed by atoms with van der Waals surface area (Å²) in [6.45, 7) is 0.357.